The number of carbonyl (C=O) groups excluding carboxylic acids is 1. The lowest BCUT2D eigenvalue weighted by Crippen LogP contribution is -2.07. The van der Waals surface area contributed by atoms with Gasteiger partial charge in [-0.2, -0.15) is 4.98 Å². The number of benzene rings is 1. The van der Waals surface area contributed by atoms with Gasteiger partial charge < -0.3 is 9.47 Å². The summed E-state index contributed by atoms with van der Waals surface area (Å²) in [5, 5.41) is 0. The van der Waals surface area contributed by atoms with Gasteiger partial charge in [-0.3, -0.25) is 0 Å². The highest BCUT2D eigenvalue weighted by Gasteiger charge is 2.11. The van der Waals surface area contributed by atoms with E-state index in [4.69, 9.17) is 4.74 Å². The lowest BCUT2D eigenvalue weighted by Gasteiger charge is -2.06. The Balaban J connectivity index is 2.25. The van der Waals surface area contributed by atoms with Gasteiger partial charge in [0.05, 0.1) is 7.11 Å². The molecule has 2 aromatic rings. The van der Waals surface area contributed by atoms with Crippen LogP contribution in [0.2, 0.25) is 0 Å². The van der Waals surface area contributed by atoms with Crippen LogP contribution in [0, 0.1) is 5.82 Å². The number of methoxy groups -OCH3 is 1. The zero-order valence-corrected chi connectivity index (χ0v) is 11.3. The molecule has 1 aromatic carbocycles. The first-order valence-electron chi connectivity index (χ1n) is 5.14. The van der Waals surface area contributed by atoms with Crippen molar-refractivity contribution in [1.29, 1.82) is 0 Å². The van der Waals surface area contributed by atoms with Gasteiger partial charge in [0, 0.05) is 22.8 Å². The van der Waals surface area contributed by atoms with Gasteiger partial charge in [-0.1, -0.05) is 15.9 Å². The van der Waals surface area contributed by atoms with E-state index in [2.05, 4.69) is 30.6 Å². The Labute approximate surface area is 116 Å². The molecule has 0 aliphatic carbocycles. The summed E-state index contributed by atoms with van der Waals surface area (Å²) in [6, 6.07) is 5.52. The molecule has 0 N–H and O–H groups in total. The third-order valence-electron chi connectivity index (χ3n) is 2.06. The molecule has 0 amide bonds. The van der Waals surface area contributed by atoms with Crippen molar-refractivity contribution in [2.75, 3.05) is 7.11 Å². The monoisotopic (exact) mass is 326 g/mol. The van der Waals surface area contributed by atoms with Crippen molar-refractivity contribution in [3.63, 3.8) is 0 Å². The van der Waals surface area contributed by atoms with Crippen molar-refractivity contribution in [3.05, 3.63) is 46.6 Å². The molecular weight excluding hydrogens is 319 g/mol. The van der Waals surface area contributed by atoms with Gasteiger partial charge in [0.1, 0.15) is 11.6 Å². The van der Waals surface area contributed by atoms with Crippen LogP contribution in [0.5, 0.6) is 11.6 Å². The molecule has 0 aliphatic rings. The topological polar surface area (TPSA) is 61.3 Å². The van der Waals surface area contributed by atoms with Gasteiger partial charge in [0.2, 0.25) is 11.7 Å². The van der Waals surface area contributed by atoms with E-state index in [1.807, 2.05) is 0 Å². The van der Waals surface area contributed by atoms with Gasteiger partial charge in [-0.25, -0.2) is 14.2 Å². The predicted octanol–water partition coefficient (Wildman–Crippen LogP) is 2.96. The Morgan fingerprint density at radius 2 is 2.16 bits per heavy atom. The molecule has 1 aromatic heterocycles. The standard InChI is InChI=1S/C12H8BrFN2O3/c1-18-12(17)11-15-3-2-10(16-11)19-9-5-7(13)4-8(14)6-9/h2-6H,1H3. The van der Waals surface area contributed by atoms with Gasteiger partial charge >= 0.3 is 5.97 Å². The van der Waals surface area contributed by atoms with Crippen LogP contribution < -0.4 is 4.74 Å². The van der Waals surface area contributed by atoms with Crippen LogP contribution >= 0.6 is 15.9 Å². The summed E-state index contributed by atoms with van der Waals surface area (Å²) in [4.78, 5) is 18.8. The Morgan fingerprint density at radius 3 is 2.84 bits per heavy atom. The maximum absolute atomic E-state index is 13.2. The first-order chi connectivity index (χ1) is 9.08. The van der Waals surface area contributed by atoms with E-state index in [9.17, 15) is 9.18 Å². The maximum Gasteiger partial charge on any atom is 0.376 e. The minimum atomic E-state index is -0.675. The molecule has 0 aliphatic heterocycles. The average Bonchev–Trinajstić information content (AvgIpc) is 2.37. The Hall–Kier alpha value is -2.02. The normalized spacial score (nSPS) is 10.1. The molecule has 0 bridgehead atoms. The Morgan fingerprint density at radius 1 is 1.37 bits per heavy atom. The molecule has 98 valence electrons. The summed E-state index contributed by atoms with van der Waals surface area (Å²) in [5.41, 5.74) is 0. The summed E-state index contributed by atoms with van der Waals surface area (Å²) in [7, 11) is 1.23. The van der Waals surface area contributed by atoms with Crippen LogP contribution in [0.15, 0.2) is 34.9 Å². The average molecular weight is 327 g/mol. The maximum atomic E-state index is 13.2. The molecule has 0 atom stereocenters. The van der Waals surface area contributed by atoms with Crippen molar-refractivity contribution in [1.82, 2.24) is 9.97 Å². The van der Waals surface area contributed by atoms with Crippen LogP contribution in [0.4, 0.5) is 4.39 Å². The van der Waals surface area contributed by atoms with Crippen LogP contribution in [-0.4, -0.2) is 23.0 Å². The smallest absolute Gasteiger partial charge is 0.376 e. The lowest BCUT2D eigenvalue weighted by molar-refractivity contribution is 0.0585. The van der Waals surface area contributed by atoms with Crippen LogP contribution in [0.1, 0.15) is 10.6 Å². The Kier molecular flexibility index (Phi) is 4.06. The quantitative estimate of drug-likeness (QED) is 0.811. The molecule has 19 heavy (non-hydrogen) atoms. The van der Waals surface area contributed by atoms with E-state index in [0.717, 1.165) is 0 Å². The van der Waals surface area contributed by atoms with Crippen LogP contribution in [-0.2, 0) is 4.74 Å². The second kappa shape index (κ2) is 5.75. The minimum Gasteiger partial charge on any atom is -0.463 e. The van der Waals surface area contributed by atoms with E-state index >= 15 is 0 Å². The number of nitrogens with zero attached hydrogens (tertiary/aromatic N) is 2. The van der Waals surface area contributed by atoms with Gasteiger partial charge in [0.25, 0.3) is 0 Å². The first-order valence-corrected chi connectivity index (χ1v) is 5.93. The van der Waals surface area contributed by atoms with Gasteiger partial charge in [-0.15, -0.1) is 0 Å². The lowest BCUT2D eigenvalue weighted by atomic mass is 10.3. The van der Waals surface area contributed by atoms with E-state index in [1.54, 1.807) is 6.07 Å². The number of hydrogen-bond donors (Lipinski definition) is 0. The van der Waals surface area contributed by atoms with Crippen molar-refractivity contribution >= 4 is 21.9 Å². The van der Waals surface area contributed by atoms with E-state index in [1.165, 1.54) is 31.5 Å². The predicted molar refractivity (Wildman–Crippen MR) is 67.5 cm³/mol. The van der Waals surface area contributed by atoms with Crippen LogP contribution in [0.3, 0.4) is 0 Å². The second-order valence-electron chi connectivity index (χ2n) is 3.42. The third-order valence-corrected chi connectivity index (χ3v) is 2.51. The van der Waals surface area contributed by atoms with Crippen molar-refractivity contribution < 1.29 is 18.7 Å². The number of hydrogen-bond acceptors (Lipinski definition) is 5. The first kappa shape index (κ1) is 13.4. The van der Waals surface area contributed by atoms with E-state index in [-0.39, 0.29) is 17.5 Å². The van der Waals surface area contributed by atoms with Crippen molar-refractivity contribution in [2.24, 2.45) is 0 Å². The second-order valence-corrected chi connectivity index (χ2v) is 4.33. The molecule has 0 spiro atoms. The minimum absolute atomic E-state index is 0.118. The molecule has 0 saturated heterocycles. The fourth-order valence-corrected chi connectivity index (χ4v) is 1.74. The SMILES string of the molecule is COC(=O)c1nccc(Oc2cc(F)cc(Br)c2)n1. The fourth-order valence-electron chi connectivity index (χ4n) is 1.30. The number of aromatic nitrogens is 2. The van der Waals surface area contributed by atoms with Crippen molar-refractivity contribution in [3.8, 4) is 11.6 Å². The number of carbonyl (C=O) groups is 1. The molecular formula is C12H8BrFN2O3. The highest BCUT2D eigenvalue weighted by atomic mass is 79.9. The number of ether oxygens (including phenoxy) is 2. The third kappa shape index (κ3) is 3.47. The number of halogens is 2. The zero-order chi connectivity index (χ0) is 13.8. The summed E-state index contributed by atoms with van der Waals surface area (Å²) >= 11 is 3.15. The molecule has 0 fully saturated rings. The molecule has 0 radical (unpaired) electrons. The Bertz CT molecular complexity index is 601. The summed E-state index contributed by atoms with van der Waals surface area (Å²) in [5.74, 6) is -0.887. The van der Waals surface area contributed by atoms with Crippen molar-refractivity contribution in [2.45, 2.75) is 0 Å². The van der Waals surface area contributed by atoms with E-state index in [0.29, 0.717) is 4.47 Å². The summed E-state index contributed by atoms with van der Waals surface area (Å²) in [6.07, 6.45) is 1.35. The van der Waals surface area contributed by atoms with Gasteiger partial charge in [-0.05, 0) is 12.1 Å². The zero-order valence-electron chi connectivity index (χ0n) is 9.76. The largest absolute Gasteiger partial charge is 0.463 e. The molecule has 7 heteroatoms. The number of rotatable bonds is 3. The molecule has 5 nitrogen and oxygen atoms in total. The van der Waals surface area contributed by atoms with Crippen LogP contribution in [0.25, 0.3) is 0 Å². The highest BCUT2D eigenvalue weighted by molar-refractivity contribution is 9.10. The summed E-state index contributed by atoms with van der Waals surface area (Å²) in [6.45, 7) is 0. The number of esters is 1. The highest BCUT2D eigenvalue weighted by Crippen LogP contribution is 2.24. The molecule has 0 saturated carbocycles. The molecule has 2 rings (SSSR count). The molecule has 1 heterocycles. The summed E-state index contributed by atoms with van der Waals surface area (Å²) < 4.78 is 23.5. The molecule has 0 unspecified atom stereocenters. The van der Waals surface area contributed by atoms with Gasteiger partial charge in [0.15, 0.2) is 0 Å². The van der Waals surface area contributed by atoms with E-state index < -0.39 is 11.8 Å². The fraction of sp³-hybridized carbons (Fsp3) is 0.0833.